The van der Waals surface area contributed by atoms with Gasteiger partial charge in [-0.15, -0.1) is 0 Å². The van der Waals surface area contributed by atoms with Gasteiger partial charge < -0.3 is 14.8 Å². The van der Waals surface area contributed by atoms with E-state index < -0.39 is 30.3 Å². The Labute approximate surface area is 149 Å². The monoisotopic (exact) mass is 359 g/mol. The minimum atomic E-state index is -0.605. The van der Waals surface area contributed by atoms with Crippen LogP contribution in [0.15, 0.2) is 42.5 Å². The van der Waals surface area contributed by atoms with Crippen LogP contribution in [0.1, 0.15) is 21.5 Å². The molecular weight excluding hydrogens is 341 g/mol. The summed E-state index contributed by atoms with van der Waals surface area (Å²) in [7, 11) is 1.26. The van der Waals surface area contributed by atoms with Crippen LogP contribution in [0.3, 0.4) is 0 Å². The highest BCUT2D eigenvalue weighted by Gasteiger charge is 2.12. The Morgan fingerprint density at radius 2 is 1.77 bits per heavy atom. The first kappa shape index (κ1) is 19.1. The van der Waals surface area contributed by atoms with E-state index in [1.165, 1.54) is 37.4 Å². The second-order valence-corrected chi connectivity index (χ2v) is 5.53. The van der Waals surface area contributed by atoms with Crippen LogP contribution >= 0.6 is 0 Å². The van der Waals surface area contributed by atoms with Crippen LogP contribution in [0.5, 0.6) is 0 Å². The topological polar surface area (TPSA) is 81.7 Å². The summed E-state index contributed by atoms with van der Waals surface area (Å²) in [5, 5.41) is 2.58. The molecule has 0 atom stereocenters. The third-order valence-corrected chi connectivity index (χ3v) is 3.56. The first-order chi connectivity index (χ1) is 12.4. The average Bonchev–Trinajstić information content (AvgIpc) is 2.63. The Morgan fingerprint density at radius 1 is 1.08 bits per heavy atom. The number of aryl methyl sites for hydroxylation is 1. The van der Waals surface area contributed by atoms with E-state index >= 15 is 0 Å². The molecule has 7 heteroatoms. The van der Waals surface area contributed by atoms with Crippen molar-refractivity contribution in [3.63, 3.8) is 0 Å². The molecule has 2 rings (SSSR count). The van der Waals surface area contributed by atoms with Crippen LogP contribution in [-0.2, 0) is 25.5 Å². The molecule has 0 spiro atoms. The number of ether oxygens (including phenoxy) is 2. The summed E-state index contributed by atoms with van der Waals surface area (Å²) in [6.07, 6.45) is -0.0651. The summed E-state index contributed by atoms with van der Waals surface area (Å²) >= 11 is 0. The highest BCUT2D eigenvalue weighted by molar-refractivity contribution is 5.96. The van der Waals surface area contributed by atoms with Crippen molar-refractivity contribution in [2.75, 3.05) is 19.0 Å². The Bertz CT molecular complexity index is 817. The number of hydrogen-bond acceptors (Lipinski definition) is 5. The molecule has 136 valence electrons. The average molecular weight is 359 g/mol. The summed E-state index contributed by atoms with van der Waals surface area (Å²) < 4.78 is 22.4. The van der Waals surface area contributed by atoms with Crippen molar-refractivity contribution in [1.29, 1.82) is 0 Å². The molecule has 0 radical (unpaired) electrons. The summed E-state index contributed by atoms with van der Waals surface area (Å²) in [5.74, 6) is -2.06. The van der Waals surface area contributed by atoms with Crippen molar-refractivity contribution in [2.45, 2.75) is 13.3 Å². The van der Waals surface area contributed by atoms with Crippen LogP contribution < -0.4 is 5.32 Å². The molecule has 26 heavy (non-hydrogen) atoms. The molecule has 0 unspecified atom stereocenters. The van der Waals surface area contributed by atoms with E-state index in [4.69, 9.17) is 4.74 Å². The van der Waals surface area contributed by atoms with E-state index in [1.54, 1.807) is 19.1 Å². The van der Waals surface area contributed by atoms with Crippen molar-refractivity contribution < 1.29 is 28.2 Å². The third kappa shape index (κ3) is 5.41. The standard InChI is InChI=1S/C19H18FNO5/c1-12-3-6-14(19(24)25-2)10-16(12)21-17(22)11-26-18(23)9-13-4-7-15(20)8-5-13/h3-8,10H,9,11H2,1-2H3,(H,21,22). The maximum atomic E-state index is 12.8. The summed E-state index contributed by atoms with van der Waals surface area (Å²) in [6.45, 7) is 1.29. The quantitative estimate of drug-likeness (QED) is 0.802. The molecule has 6 nitrogen and oxygen atoms in total. The van der Waals surface area contributed by atoms with Crippen molar-refractivity contribution >= 4 is 23.5 Å². The van der Waals surface area contributed by atoms with Gasteiger partial charge >= 0.3 is 11.9 Å². The molecule has 0 heterocycles. The van der Waals surface area contributed by atoms with Gasteiger partial charge in [0.05, 0.1) is 19.1 Å². The Balaban J connectivity index is 1.89. The molecule has 0 aromatic heterocycles. The normalized spacial score (nSPS) is 10.1. The van der Waals surface area contributed by atoms with E-state index in [9.17, 15) is 18.8 Å². The minimum absolute atomic E-state index is 0.0651. The predicted octanol–water partition coefficient (Wildman–Crippen LogP) is 2.65. The van der Waals surface area contributed by atoms with Gasteiger partial charge in [-0.1, -0.05) is 18.2 Å². The van der Waals surface area contributed by atoms with Gasteiger partial charge in [-0.25, -0.2) is 9.18 Å². The molecule has 0 aliphatic heterocycles. The lowest BCUT2D eigenvalue weighted by atomic mass is 10.1. The SMILES string of the molecule is COC(=O)c1ccc(C)c(NC(=O)COC(=O)Cc2ccc(F)cc2)c1. The Morgan fingerprint density at radius 3 is 2.42 bits per heavy atom. The number of nitrogens with one attached hydrogen (secondary N) is 1. The number of rotatable bonds is 6. The zero-order valence-corrected chi connectivity index (χ0v) is 14.4. The number of halogens is 1. The minimum Gasteiger partial charge on any atom is -0.465 e. The third-order valence-electron chi connectivity index (χ3n) is 3.56. The van der Waals surface area contributed by atoms with E-state index in [0.717, 1.165) is 5.56 Å². The fourth-order valence-electron chi connectivity index (χ4n) is 2.15. The molecule has 1 amide bonds. The highest BCUT2D eigenvalue weighted by Crippen LogP contribution is 2.17. The number of anilines is 1. The lowest BCUT2D eigenvalue weighted by molar-refractivity contribution is -0.146. The van der Waals surface area contributed by atoms with Gasteiger partial charge in [0.25, 0.3) is 5.91 Å². The van der Waals surface area contributed by atoms with Crippen LogP contribution in [0.25, 0.3) is 0 Å². The molecule has 0 fully saturated rings. The molecule has 0 saturated heterocycles. The fourth-order valence-corrected chi connectivity index (χ4v) is 2.15. The number of esters is 2. The van der Waals surface area contributed by atoms with Gasteiger partial charge in [-0.05, 0) is 42.3 Å². The molecule has 0 aliphatic rings. The summed E-state index contributed by atoms with van der Waals surface area (Å²) in [5.41, 5.74) is 2.04. The number of carbonyl (C=O) groups is 3. The van der Waals surface area contributed by atoms with Crippen LogP contribution in [0, 0.1) is 12.7 Å². The van der Waals surface area contributed by atoms with Gasteiger partial charge in [0.15, 0.2) is 6.61 Å². The first-order valence-electron chi connectivity index (χ1n) is 7.78. The maximum Gasteiger partial charge on any atom is 0.337 e. The second kappa shape index (κ2) is 8.75. The first-order valence-corrected chi connectivity index (χ1v) is 7.78. The number of hydrogen-bond donors (Lipinski definition) is 1. The van der Waals surface area contributed by atoms with Gasteiger partial charge in [0, 0.05) is 5.69 Å². The molecule has 2 aromatic carbocycles. The molecule has 0 bridgehead atoms. The van der Waals surface area contributed by atoms with E-state index in [-0.39, 0.29) is 6.42 Å². The second-order valence-electron chi connectivity index (χ2n) is 5.53. The number of amides is 1. The Kier molecular flexibility index (Phi) is 6.43. The van der Waals surface area contributed by atoms with E-state index in [1.807, 2.05) is 0 Å². The lowest BCUT2D eigenvalue weighted by Crippen LogP contribution is -2.22. The van der Waals surface area contributed by atoms with Gasteiger partial charge in [-0.3, -0.25) is 9.59 Å². The highest BCUT2D eigenvalue weighted by atomic mass is 19.1. The van der Waals surface area contributed by atoms with Gasteiger partial charge in [0.1, 0.15) is 5.82 Å². The van der Waals surface area contributed by atoms with E-state index in [2.05, 4.69) is 10.1 Å². The predicted molar refractivity (Wildman–Crippen MR) is 92.2 cm³/mol. The molecule has 1 N–H and O–H groups in total. The van der Waals surface area contributed by atoms with Crippen molar-refractivity contribution in [3.8, 4) is 0 Å². The van der Waals surface area contributed by atoms with Crippen molar-refractivity contribution in [1.82, 2.24) is 0 Å². The van der Waals surface area contributed by atoms with Crippen molar-refractivity contribution in [3.05, 3.63) is 65.0 Å². The maximum absolute atomic E-state index is 12.8. The molecule has 2 aromatic rings. The summed E-state index contributed by atoms with van der Waals surface area (Å²) in [4.78, 5) is 35.3. The smallest absolute Gasteiger partial charge is 0.337 e. The summed E-state index contributed by atoms with van der Waals surface area (Å²) in [6, 6.07) is 10.2. The largest absolute Gasteiger partial charge is 0.465 e. The van der Waals surface area contributed by atoms with Gasteiger partial charge in [0.2, 0.25) is 0 Å². The van der Waals surface area contributed by atoms with Crippen LogP contribution in [0.2, 0.25) is 0 Å². The lowest BCUT2D eigenvalue weighted by Gasteiger charge is -2.10. The Hall–Kier alpha value is -3.22. The van der Waals surface area contributed by atoms with Crippen LogP contribution in [0.4, 0.5) is 10.1 Å². The number of methoxy groups -OCH3 is 1. The molecule has 0 aliphatic carbocycles. The zero-order valence-electron chi connectivity index (χ0n) is 14.4. The number of benzene rings is 2. The van der Waals surface area contributed by atoms with Crippen molar-refractivity contribution in [2.24, 2.45) is 0 Å². The molecular formula is C19H18FNO5. The van der Waals surface area contributed by atoms with Crippen LogP contribution in [-0.4, -0.2) is 31.6 Å². The molecule has 0 saturated carbocycles. The van der Waals surface area contributed by atoms with E-state index in [0.29, 0.717) is 16.8 Å². The fraction of sp³-hybridized carbons (Fsp3) is 0.211. The zero-order chi connectivity index (χ0) is 19.1. The van der Waals surface area contributed by atoms with Gasteiger partial charge in [-0.2, -0.15) is 0 Å². The number of carbonyl (C=O) groups excluding carboxylic acids is 3.